The lowest BCUT2D eigenvalue weighted by molar-refractivity contribution is -0.135. The Bertz CT molecular complexity index is 1410. The Morgan fingerprint density at radius 1 is 0.775 bits per heavy atom. The Balaban J connectivity index is 1.50. The lowest BCUT2D eigenvalue weighted by Gasteiger charge is -2.33. The minimum Gasteiger partial charge on any atom is -0.345 e. The molecular weight excluding hydrogens is 494 g/mol. The second-order valence-electron chi connectivity index (χ2n) is 10.8. The fourth-order valence-corrected chi connectivity index (χ4v) is 4.93. The van der Waals surface area contributed by atoms with E-state index in [0.29, 0.717) is 12.1 Å². The first-order valence-electron chi connectivity index (χ1n) is 14.2. The molecule has 0 spiro atoms. The number of hydrogen-bond donors (Lipinski definition) is 0. The predicted octanol–water partition coefficient (Wildman–Crippen LogP) is 7.19. The second-order valence-corrected chi connectivity index (χ2v) is 10.8. The van der Waals surface area contributed by atoms with E-state index in [4.69, 9.17) is 0 Å². The van der Waals surface area contributed by atoms with Gasteiger partial charge >= 0.3 is 0 Å². The van der Waals surface area contributed by atoms with Crippen molar-refractivity contribution in [3.63, 3.8) is 0 Å². The zero-order chi connectivity index (χ0) is 28.6. The summed E-state index contributed by atoms with van der Waals surface area (Å²) in [5, 5.41) is 0. The maximum Gasteiger partial charge on any atom is 0.254 e. The molecule has 0 fully saturated rings. The van der Waals surface area contributed by atoms with E-state index in [1.165, 1.54) is 11.1 Å². The van der Waals surface area contributed by atoms with Gasteiger partial charge in [0.05, 0.1) is 6.54 Å². The molecule has 0 aliphatic heterocycles. The van der Waals surface area contributed by atoms with Crippen LogP contribution >= 0.6 is 0 Å². The topological polar surface area (TPSA) is 45.6 Å². The minimum atomic E-state index is -0.130. The molecule has 5 nitrogen and oxygen atoms in total. The second kappa shape index (κ2) is 13.3. The third-order valence-corrected chi connectivity index (χ3v) is 7.73. The Labute approximate surface area is 239 Å². The average molecular weight is 536 g/mol. The fraction of sp³-hybridized carbons (Fsp3) is 0.314. The average Bonchev–Trinajstić information content (AvgIpc) is 3.41. The molecular formula is C35H41N3O2. The van der Waals surface area contributed by atoms with E-state index in [1.54, 1.807) is 4.90 Å². The molecule has 0 saturated carbocycles. The van der Waals surface area contributed by atoms with Crippen molar-refractivity contribution in [1.29, 1.82) is 0 Å². The first-order chi connectivity index (χ1) is 19.3. The summed E-state index contributed by atoms with van der Waals surface area (Å²) in [6.45, 7) is 11.5. The molecule has 0 radical (unpaired) electrons. The molecule has 0 bridgehead atoms. The fourth-order valence-electron chi connectivity index (χ4n) is 4.93. The number of aryl methyl sites for hydroxylation is 1. The predicted molar refractivity (Wildman–Crippen MR) is 163 cm³/mol. The summed E-state index contributed by atoms with van der Waals surface area (Å²) >= 11 is 0. The summed E-state index contributed by atoms with van der Waals surface area (Å²) in [7, 11) is 0. The summed E-state index contributed by atoms with van der Waals surface area (Å²) in [6.07, 6.45) is 2.91. The molecule has 1 aromatic heterocycles. The molecule has 1 unspecified atom stereocenters. The Hall–Kier alpha value is -4.12. The van der Waals surface area contributed by atoms with Crippen molar-refractivity contribution in [1.82, 2.24) is 14.4 Å². The summed E-state index contributed by atoms with van der Waals surface area (Å²) in [5.74, 6) is -0.170. The molecule has 5 heteroatoms. The van der Waals surface area contributed by atoms with Crippen LogP contribution in [-0.4, -0.2) is 44.8 Å². The van der Waals surface area contributed by atoms with Crippen LogP contribution in [0, 0.1) is 6.92 Å². The monoisotopic (exact) mass is 535 g/mol. The lowest BCUT2D eigenvalue weighted by atomic mass is 10.0. The van der Waals surface area contributed by atoms with Crippen LogP contribution in [0.1, 0.15) is 61.3 Å². The largest absolute Gasteiger partial charge is 0.345 e. The smallest absolute Gasteiger partial charge is 0.254 e. The highest BCUT2D eigenvalue weighted by molar-refractivity contribution is 5.97. The maximum absolute atomic E-state index is 13.8. The van der Waals surface area contributed by atoms with Gasteiger partial charge in [-0.25, -0.2) is 0 Å². The Morgan fingerprint density at radius 2 is 1.43 bits per heavy atom. The van der Waals surface area contributed by atoms with Crippen molar-refractivity contribution in [2.24, 2.45) is 0 Å². The van der Waals surface area contributed by atoms with Crippen LogP contribution in [0.4, 0.5) is 0 Å². The maximum atomic E-state index is 13.8. The Morgan fingerprint density at radius 3 is 2.08 bits per heavy atom. The van der Waals surface area contributed by atoms with Crippen molar-refractivity contribution in [3.05, 3.63) is 120 Å². The highest BCUT2D eigenvalue weighted by Crippen LogP contribution is 2.21. The number of amides is 2. The van der Waals surface area contributed by atoms with Crippen molar-refractivity contribution >= 4 is 11.8 Å². The number of hydrogen-bond acceptors (Lipinski definition) is 2. The third-order valence-electron chi connectivity index (χ3n) is 7.73. The van der Waals surface area contributed by atoms with E-state index >= 15 is 0 Å². The molecule has 3 aromatic carbocycles. The third kappa shape index (κ3) is 6.90. The summed E-state index contributed by atoms with van der Waals surface area (Å²) in [6, 6.07) is 30.2. The molecule has 0 aliphatic rings. The number of carbonyl (C=O) groups excluding carboxylic acids is 2. The van der Waals surface area contributed by atoms with Gasteiger partial charge in [0.1, 0.15) is 6.54 Å². The van der Waals surface area contributed by atoms with Gasteiger partial charge in [0.15, 0.2) is 0 Å². The van der Waals surface area contributed by atoms with Crippen LogP contribution in [-0.2, 0) is 17.9 Å². The van der Waals surface area contributed by atoms with Crippen molar-refractivity contribution in [2.75, 3.05) is 6.54 Å². The molecule has 40 heavy (non-hydrogen) atoms. The van der Waals surface area contributed by atoms with E-state index in [-0.39, 0.29) is 30.4 Å². The van der Waals surface area contributed by atoms with Gasteiger partial charge in [0.2, 0.25) is 5.91 Å². The first-order valence-corrected chi connectivity index (χ1v) is 14.2. The van der Waals surface area contributed by atoms with Gasteiger partial charge in [-0.2, -0.15) is 0 Å². The van der Waals surface area contributed by atoms with Crippen LogP contribution in [0.5, 0.6) is 0 Å². The lowest BCUT2D eigenvalue weighted by Crippen LogP contribution is -2.48. The van der Waals surface area contributed by atoms with Gasteiger partial charge in [-0.15, -0.1) is 0 Å². The van der Waals surface area contributed by atoms with Crippen LogP contribution in [0.2, 0.25) is 0 Å². The van der Waals surface area contributed by atoms with Crippen LogP contribution in [0.25, 0.3) is 11.1 Å². The van der Waals surface area contributed by atoms with E-state index in [1.807, 2.05) is 67.3 Å². The van der Waals surface area contributed by atoms with E-state index < -0.39 is 0 Å². The number of benzene rings is 3. The highest BCUT2D eigenvalue weighted by Gasteiger charge is 2.27. The zero-order valence-corrected chi connectivity index (χ0v) is 24.4. The van der Waals surface area contributed by atoms with Gasteiger partial charge in [-0.3, -0.25) is 9.59 Å². The molecule has 0 N–H and O–H groups in total. The molecule has 0 aliphatic carbocycles. The van der Waals surface area contributed by atoms with Crippen LogP contribution < -0.4 is 0 Å². The quantitative estimate of drug-likeness (QED) is 0.204. The first kappa shape index (κ1) is 28.9. The van der Waals surface area contributed by atoms with Gasteiger partial charge in [-0.1, -0.05) is 73.7 Å². The number of nitrogens with zero attached hydrogens (tertiary/aromatic N) is 3. The van der Waals surface area contributed by atoms with E-state index in [9.17, 15) is 9.59 Å². The summed E-state index contributed by atoms with van der Waals surface area (Å²) in [5.41, 5.74) is 6.34. The molecule has 1 atom stereocenters. The van der Waals surface area contributed by atoms with Crippen molar-refractivity contribution in [2.45, 2.75) is 66.2 Å². The van der Waals surface area contributed by atoms with Gasteiger partial charge in [0.25, 0.3) is 5.91 Å². The standard InChI is InChI=1S/C35H41N3O2/c1-6-28(5)38(24-33-17-12-22-36(33)23-32-16-11-10-13-27(32)4)34(39)25-37(26(2)3)35(40)31-20-18-30(19-21-31)29-14-8-7-9-15-29/h7-22,26,28H,6,23-25H2,1-5H3. The number of rotatable bonds is 11. The van der Waals surface area contributed by atoms with E-state index in [2.05, 4.69) is 74.0 Å². The van der Waals surface area contributed by atoms with Crippen LogP contribution in [0.3, 0.4) is 0 Å². The number of aromatic nitrogens is 1. The van der Waals surface area contributed by atoms with Crippen molar-refractivity contribution < 1.29 is 9.59 Å². The highest BCUT2D eigenvalue weighted by atomic mass is 16.2. The van der Waals surface area contributed by atoms with Gasteiger partial charge in [-0.05, 0) is 80.6 Å². The Kier molecular flexibility index (Phi) is 9.60. The molecule has 4 rings (SSSR count). The normalized spacial score (nSPS) is 11.8. The van der Waals surface area contributed by atoms with Crippen LogP contribution in [0.15, 0.2) is 97.2 Å². The molecule has 1 heterocycles. The summed E-state index contributed by atoms with van der Waals surface area (Å²) < 4.78 is 2.21. The minimum absolute atomic E-state index is 0.0408. The molecule has 2 amide bonds. The summed E-state index contributed by atoms with van der Waals surface area (Å²) in [4.78, 5) is 31.0. The molecule has 208 valence electrons. The number of carbonyl (C=O) groups is 2. The van der Waals surface area contributed by atoms with Gasteiger partial charge < -0.3 is 14.4 Å². The SMILES string of the molecule is CCC(C)N(Cc1cccn1Cc1ccccc1C)C(=O)CN(C(=O)c1ccc(-c2ccccc2)cc1)C(C)C. The molecule has 4 aromatic rings. The van der Waals surface area contributed by atoms with E-state index in [0.717, 1.165) is 29.8 Å². The zero-order valence-electron chi connectivity index (χ0n) is 24.4. The van der Waals surface area contributed by atoms with Gasteiger partial charge in [0, 0.05) is 36.1 Å². The van der Waals surface area contributed by atoms with Crippen molar-refractivity contribution in [3.8, 4) is 11.1 Å². The molecule has 0 saturated heterocycles.